The summed E-state index contributed by atoms with van der Waals surface area (Å²) in [5, 5.41) is 18.9. The first-order valence-corrected chi connectivity index (χ1v) is 5.91. The second kappa shape index (κ2) is 5.17. The first-order valence-electron chi connectivity index (χ1n) is 4.43. The fourth-order valence-electron chi connectivity index (χ4n) is 1.07. The number of sulfonamides is 1. The van der Waals surface area contributed by atoms with E-state index >= 15 is 0 Å². The number of rotatable bonds is 5. The molecule has 0 bridgehead atoms. The van der Waals surface area contributed by atoms with E-state index in [0.29, 0.717) is 12.1 Å². The Hall–Kier alpha value is -1.58. The van der Waals surface area contributed by atoms with Gasteiger partial charge in [-0.3, -0.25) is 10.1 Å². The van der Waals surface area contributed by atoms with Gasteiger partial charge in [0.25, 0.3) is 5.69 Å². The number of non-ortho nitro benzene ring substituents is 1. The molecule has 0 aliphatic rings. The summed E-state index contributed by atoms with van der Waals surface area (Å²) in [7, 11) is -4.20. The minimum Gasteiger partial charge on any atom is -0.395 e. The maximum absolute atomic E-state index is 13.3. The van der Waals surface area contributed by atoms with Gasteiger partial charge in [-0.2, -0.15) is 0 Å². The Labute approximate surface area is 96.1 Å². The highest BCUT2D eigenvalue weighted by Gasteiger charge is 2.21. The Morgan fingerprint density at radius 3 is 2.65 bits per heavy atom. The van der Waals surface area contributed by atoms with Crippen LogP contribution in [0.1, 0.15) is 0 Å². The molecule has 9 heteroatoms. The first-order chi connectivity index (χ1) is 7.88. The van der Waals surface area contributed by atoms with E-state index < -0.39 is 38.0 Å². The van der Waals surface area contributed by atoms with Crippen LogP contribution in [0.2, 0.25) is 0 Å². The average Bonchev–Trinajstić information content (AvgIpc) is 2.26. The maximum Gasteiger partial charge on any atom is 0.270 e. The highest BCUT2D eigenvalue weighted by molar-refractivity contribution is 7.89. The van der Waals surface area contributed by atoms with Gasteiger partial charge in [0.2, 0.25) is 10.0 Å². The number of benzene rings is 1. The van der Waals surface area contributed by atoms with Crippen molar-refractivity contribution in [3.8, 4) is 0 Å². The van der Waals surface area contributed by atoms with Crippen molar-refractivity contribution >= 4 is 15.7 Å². The smallest absolute Gasteiger partial charge is 0.270 e. The molecular weight excluding hydrogens is 255 g/mol. The zero-order valence-electron chi connectivity index (χ0n) is 8.46. The third kappa shape index (κ3) is 3.19. The van der Waals surface area contributed by atoms with E-state index in [-0.39, 0.29) is 6.54 Å². The van der Waals surface area contributed by atoms with Crippen molar-refractivity contribution in [3.63, 3.8) is 0 Å². The van der Waals surface area contributed by atoms with Crippen LogP contribution in [0.15, 0.2) is 23.1 Å². The topological polar surface area (TPSA) is 110 Å². The second-order valence-corrected chi connectivity index (χ2v) is 4.73. The second-order valence-electron chi connectivity index (χ2n) is 2.99. The van der Waals surface area contributed by atoms with E-state index in [9.17, 15) is 22.9 Å². The van der Waals surface area contributed by atoms with Crippen LogP contribution in [-0.4, -0.2) is 31.6 Å². The van der Waals surface area contributed by atoms with Crippen molar-refractivity contribution in [3.05, 3.63) is 34.1 Å². The summed E-state index contributed by atoms with van der Waals surface area (Å²) < 4.78 is 38.1. The van der Waals surface area contributed by atoms with Gasteiger partial charge in [0, 0.05) is 18.7 Å². The molecule has 0 aromatic heterocycles. The minimum atomic E-state index is -4.20. The normalized spacial score (nSPS) is 11.4. The van der Waals surface area contributed by atoms with Gasteiger partial charge in [0.05, 0.1) is 11.5 Å². The molecule has 0 atom stereocenters. The maximum atomic E-state index is 13.3. The van der Waals surface area contributed by atoms with Crippen molar-refractivity contribution in [2.24, 2.45) is 0 Å². The van der Waals surface area contributed by atoms with E-state index in [2.05, 4.69) is 0 Å². The zero-order valence-corrected chi connectivity index (χ0v) is 9.28. The average molecular weight is 264 g/mol. The SMILES string of the molecule is O=[N+]([O-])c1ccc(F)c(S(=O)(=O)NCCO)c1. The van der Waals surface area contributed by atoms with Gasteiger partial charge in [-0.05, 0) is 6.07 Å². The summed E-state index contributed by atoms with van der Waals surface area (Å²) in [6.07, 6.45) is 0. The molecule has 94 valence electrons. The molecule has 0 saturated heterocycles. The van der Waals surface area contributed by atoms with Crippen molar-refractivity contribution < 1.29 is 22.8 Å². The fraction of sp³-hybridized carbons (Fsp3) is 0.250. The Bertz CT molecular complexity index is 531. The number of hydrogen-bond donors (Lipinski definition) is 2. The standard InChI is InChI=1S/C8H9FN2O5S/c9-7-2-1-6(11(13)14)5-8(7)17(15,16)10-3-4-12/h1-2,5,10,12H,3-4H2. The highest BCUT2D eigenvalue weighted by atomic mass is 32.2. The molecule has 1 rings (SSSR count). The number of nitrogens with zero attached hydrogens (tertiary/aromatic N) is 1. The van der Waals surface area contributed by atoms with Gasteiger partial charge >= 0.3 is 0 Å². The van der Waals surface area contributed by atoms with Crippen molar-refractivity contribution in [1.82, 2.24) is 4.72 Å². The lowest BCUT2D eigenvalue weighted by Gasteiger charge is -2.05. The quantitative estimate of drug-likeness (QED) is 0.574. The summed E-state index contributed by atoms with van der Waals surface area (Å²) in [5.74, 6) is -1.10. The van der Waals surface area contributed by atoms with Crippen LogP contribution in [0.3, 0.4) is 0 Å². The molecule has 0 fully saturated rings. The van der Waals surface area contributed by atoms with Crippen LogP contribution in [-0.2, 0) is 10.0 Å². The Morgan fingerprint density at radius 2 is 2.12 bits per heavy atom. The number of nitro groups is 1. The first kappa shape index (κ1) is 13.5. The van der Waals surface area contributed by atoms with Crippen LogP contribution in [0.4, 0.5) is 10.1 Å². The molecule has 1 aromatic rings. The molecule has 0 amide bonds. The van der Waals surface area contributed by atoms with Gasteiger partial charge in [0.15, 0.2) is 0 Å². The lowest BCUT2D eigenvalue weighted by molar-refractivity contribution is -0.385. The van der Waals surface area contributed by atoms with Gasteiger partial charge in [-0.15, -0.1) is 0 Å². The van der Waals surface area contributed by atoms with Crippen LogP contribution < -0.4 is 4.72 Å². The fourth-order valence-corrected chi connectivity index (χ4v) is 2.19. The van der Waals surface area contributed by atoms with Gasteiger partial charge in [0.1, 0.15) is 10.7 Å². The number of aliphatic hydroxyl groups excluding tert-OH is 1. The molecular formula is C8H9FN2O5S. The van der Waals surface area contributed by atoms with E-state index in [1.807, 2.05) is 4.72 Å². The lowest BCUT2D eigenvalue weighted by atomic mass is 10.3. The Kier molecular flexibility index (Phi) is 4.10. The molecule has 7 nitrogen and oxygen atoms in total. The van der Waals surface area contributed by atoms with Gasteiger partial charge < -0.3 is 5.11 Å². The van der Waals surface area contributed by atoms with E-state index in [1.54, 1.807) is 0 Å². The third-order valence-electron chi connectivity index (χ3n) is 1.82. The molecule has 0 unspecified atom stereocenters. The van der Waals surface area contributed by atoms with E-state index in [0.717, 1.165) is 6.07 Å². The Balaban J connectivity index is 3.20. The molecule has 17 heavy (non-hydrogen) atoms. The largest absolute Gasteiger partial charge is 0.395 e. The molecule has 0 heterocycles. The van der Waals surface area contributed by atoms with E-state index in [1.165, 1.54) is 0 Å². The molecule has 0 aliphatic heterocycles. The van der Waals surface area contributed by atoms with Gasteiger partial charge in [-0.1, -0.05) is 0 Å². The summed E-state index contributed by atoms with van der Waals surface area (Å²) >= 11 is 0. The monoisotopic (exact) mass is 264 g/mol. The third-order valence-corrected chi connectivity index (χ3v) is 3.30. The number of hydrogen-bond acceptors (Lipinski definition) is 5. The summed E-state index contributed by atoms with van der Waals surface area (Å²) in [5.41, 5.74) is -0.532. The predicted octanol–water partition coefficient (Wildman–Crippen LogP) is 0.00450. The summed E-state index contributed by atoms with van der Waals surface area (Å²) in [6, 6.07) is 2.18. The number of aliphatic hydroxyl groups is 1. The summed E-state index contributed by atoms with van der Waals surface area (Å²) in [4.78, 5) is 8.79. The zero-order chi connectivity index (χ0) is 13.1. The molecule has 0 spiro atoms. The van der Waals surface area contributed by atoms with Crippen LogP contribution >= 0.6 is 0 Å². The number of nitro benzene ring substituents is 1. The molecule has 2 N–H and O–H groups in total. The molecule has 0 radical (unpaired) electrons. The van der Waals surface area contributed by atoms with Gasteiger partial charge in [-0.25, -0.2) is 17.5 Å². The van der Waals surface area contributed by atoms with Crippen LogP contribution in [0.25, 0.3) is 0 Å². The van der Waals surface area contributed by atoms with Crippen molar-refractivity contribution in [1.29, 1.82) is 0 Å². The highest BCUT2D eigenvalue weighted by Crippen LogP contribution is 2.20. The predicted molar refractivity (Wildman–Crippen MR) is 55.3 cm³/mol. The molecule has 0 aliphatic carbocycles. The Morgan fingerprint density at radius 1 is 1.47 bits per heavy atom. The lowest BCUT2D eigenvalue weighted by Crippen LogP contribution is -2.27. The summed E-state index contributed by atoms with van der Waals surface area (Å²) in [6.45, 7) is -0.764. The molecule has 0 saturated carbocycles. The van der Waals surface area contributed by atoms with Crippen LogP contribution in [0.5, 0.6) is 0 Å². The number of halogens is 1. The van der Waals surface area contributed by atoms with Crippen LogP contribution in [0, 0.1) is 15.9 Å². The minimum absolute atomic E-state index is 0.301. The van der Waals surface area contributed by atoms with Crippen molar-refractivity contribution in [2.45, 2.75) is 4.90 Å². The number of nitrogens with one attached hydrogen (secondary N) is 1. The van der Waals surface area contributed by atoms with Crippen molar-refractivity contribution in [2.75, 3.05) is 13.2 Å². The molecule has 1 aromatic carbocycles. The van der Waals surface area contributed by atoms with E-state index in [4.69, 9.17) is 5.11 Å².